The first-order valence-electron chi connectivity index (χ1n) is 7.35. The quantitative estimate of drug-likeness (QED) is 0.896. The normalized spacial score (nSPS) is 17.2. The molecule has 1 heterocycles. The van der Waals surface area contributed by atoms with Crippen LogP contribution in [-0.4, -0.2) is 6.61 Å². The Labute approximate surface area is 131 Å². The Bertz CT molecular complexity index is 636. The number of ether oxygens (including phenoxy) is 1. The zero-order valence-electron chi connectivity index (χ0n) is 12.4. The molecule has 3 heteroatoms. The molecule has 0 bridgehead atoms. The van der Waals surface area contributed by atoms with E-state index in [9.17, 15) is 0 Å². The van der Waals surface area contributed by atoms with Crippen molar-refractivity contribution in [2.45, 2.75) is 32.9 Å². The van der Waals surface area contributed by atoms with Crippen LogP contribution in [0.2, 0.25) is 5.02 Å². The van der Waals surface area contributed by atoms with Gasteiger partial charge in [0.25, 0.3) is 0 Å². The second kappa shape index (κ2) is 6.08. The van der Waals surface area contributed by atoms with Crippen LogP contribution in [0.5, 0.6) is 5.75 Å². The summed E-state index contributed by atoms with van der Waals surface area (Å²) in [5.74, 6) is 1.06. The topological polar surface area (TPSA) is 21.3 Å². The first-order valence-corrected chi connectivity index (χ1v) is 7.73. The van der Waals surface area contributed by atoms with Crippen molar-refractivity contribution in [2.24, 2.45) is 0 Å². The molecule has 110 valence electrons. The van der Waals surface area contributed by atoms with E-state index in [1.165, 1.54) is 22.3 Å². The molecule has 1 aliphatic heterocycles. The van der Waals surface area contributed by atoms with Gasteiger partial charge in [-0.05, 0) is 37.1 Å². The van der Waals surface area contributed by atoms with Gasteiger partial charge in [0.1, 0.15) is 5.75 Å². The zero-order valence-corrected chi connectivity index (χ0v) is 13.2. The third-order valence-corrected chi connectivity index (χ3v) is 4.19. The van der Waals surface area contributed by atoms with Gasteiger partial charge in [0, 0.05) is 29.6 Å². The molecule has 0 aromatic heterocycles. The lowest BCUT2D eigenvalue weighted by molar-refractivity contribution is 0.250. The molecule has 2 nitrogen and oxygen atoms in total. The number of rotatable bonds is 3. The Kier molecular flexibility index (Phi) is 4.18. The predicted molar refractivity (Wildman–Crippen MR) is 87.1 cm³/mol. The molecule has 1 unspecified atom stereocenters. The summed E-state index contributed by atoms with van der Waals surface area (Å²) in [4.78, 5) is 0. The molecule has 0 saturated carbocycles. The van der Waals surface area contributed by atoms with E-state index < -0.39 is 0 Å². The van der Waals surface area contributed by atoms with E-state index in [-0.39, 0.29) is 0 Å². The Morgan fingerprint density at radius 2 is 1.95 bits per heavy atom. The highest BCUT2D eigenvalue weighted by Gasteiger charge is 2.22. The van der Waals surface area contributed by atoms with Gasteiger partial charge in [-0.25, -0.2) is 0 Å². The largest absolute Gasteiger partial charge is 0.493 e. The van der Waals surface area contributed by atoms with E-state index in [0.717, 1.165) is 30.3 Å². The van der Waals surface area contributed by atoms with Crippen molar-refractivity contribution in [3.8, 4) is 5.75 Å². The molecule has 1 aliphatic rings. The van der Waals surface area contributed by atoms with Gasteiger partial charge < -0.3 is 10.1 Å². The minimum Gasteiger partial charge on any atom is -0.493 e. The predicted octanol–water partition coefficient (Wildman–Crippen LogP) is 4.57. The first kappa shape index (κ1) is 14.4. The molecule has 0 fully saturated rings. The van der Waals surface area contributed by atoms with Gasteiger partial charge in [0.15, 0.2) is 0 Å². The second-order valence-electron chi connectivity index (χ2n) is 5.70. The maximum absolute atomic E-state index is 5.93. The SMILES string of the molecule is Cc1cc(C)c2c(c1)C(NCc1ccc(Cl)cc1)CCO2. The highest BCUT2D eigenvalue weighted by atomic mass is 35.5. The first-order chi connectivity index (χ1) is 10.1. The van der Waals surface area contributed by atoms with Gasteiger partial charge in [-0.2, -0.15) is 0 Å². The Balaban J connectivity index is 1.77. The van der Waals surface area contributed by atoms with Crippen LogP contribution in [0, 0.1) is 13.8 Å². The molecule has 21 heavy (non-hydrogen) atoms. The van der Waals surface area contributed by atoms with E-state index in [0.29, 0.717) is 6.04 Å². The summed E-state index contributed by atoms with van der Waals surface area (Å²) >= 11 is 5.93. The summed E-state index contributed by atoms with van der Waals surface area (Å²) < 4.78 is 5.85. The maximum Gasteiger partial charge on any atom is 0.126 e. The number of hydrogen-bond donors (Lipinski definition) is 1. The Morgan fingerprint density at radius 1 is 1.19 bits per heavy atom. The number of fused-ring (bicyclic) bond motifs is 1. The molecule has 2 aromatic carbocycles. The van der Waals surface area contributed by atoms with Crippen molar-refractivity contribution in [2.75, 3.05) is 6.61 Å². The Hall–Kier alpha value is -1.51. The lowest BCUT2D eigenvalue weighted by Gasteiger charge is -2.28. The smallest absolute Gasteiger partial charge is 0.126 e. The van der Waals surface area contributed by atoms with E-state index in [1.807, 2.05) is 12.1 Å². The summed E-state index contributed by atoms with van der Waals surface area (Å²) in [5.41, 5.74) is 5.04. The van der Waals surface area contributed by atoms with Crippen molar-refractivity contribution in [1.82, 2.24) is 5.32 Å². The number of aryl methyl sites for hydroxylation is 2. The highest BCUT2D eigenvalue weighted by molar-refractivity contribution is 6.30. The minimum atomic E-state index is 0.350. The molecule has 0 amide bonds. The Morgan fingerprint density at radius 3 is 2.71 bits per heavy atom. The molecule has 1 N–H and O–H groups in total. The summed E-state index contributed by atoms with van der Waals surface area (Å²) in [6, 6.07) is 12.8. The lowest BCUT2D eigenvalue weighted by atomic mass is 9.95. The van der Waals surface area contributed by atoms with Gasteiger partial charge in [0.2, 0.25) is 0 Å². The molecule has 0 saturated heterocycles. The van der Waals surface area contributed by atoms with Crippen LogP contribution in [0.1, 0.15) is 34.7 Å². The van der Waals surface area contributed by atoms with Crippen LogP contribution in [0.4, 0.5) is 0 Å². The maximum atomic E-state index is 5.93. The zero-order chi connectivity index (χ0) is 14.8. The lowest BCUT2D eigenvalue weighted by Crippen LogP contribution is -2.27. The van der Waals surface area contributed by atoms with Crippen molar-refractivity contribution < 1.29 is 4.74 Å². The number of benzene rings is 2. The third kappa shape index (κ3) is 3.22. The molecular formula is C18H20ClNO. The van der Waals surface area contributed by atoms with Gasteiger partial charge >= 0.3 is 0 Å². The van der Waals surface area contributed by atoms with Crippen molar-refractivity contribution >= 4 is 11.6 Å². The number of hydrogen-bond acceptors (Lipinski definition) is 2. The standard InChI is InChI=1S/C18H20ClNO/c1-12-9-13(2)18-16(10-12)17(7-8-21-18)20-11-14-3-5-15(19)6-4-14/h3-6,9-10,17,20H,7-8,11H2,1-2H3. The third-order valence-electron chi connectivity index (χ3n) is 3.94. The average molecular weight is 302 g/mol. The van der Waals surface area contributed by atoms with Crippen LogP contribution in [0.3, 0.4) is 0 Å². The van der Waals surface area contributed by atoms with Crippen LogP contribution in [0.15, 0.2) is 36.4 Å². The number of nitrogens with one attached hydrogen (secondary N) is 1. The minimum absolute atomic E-state index is 0.350. The van der Waals surface area contributed by atoms with Crippen LogP contribution >= 0.6 is 11.6 Å². The molecule has 2 aromatic rings. The number of halogens is 1. The van der Waals surface area contributed by atoms with Crippen LogP contribution in [0.25, 0.3) is 0 Å². The second-order valence-corrected chi connectivity index (χ2v) is 6.13. The van der Waals surface area contributed by atoms with E-state index in [4.69, 9.17) is 16.3 Å². The highest BCUT2D eigenvalue weighted by Crippen LogP contribution is 2.35. The molecule has 0 aliphatic carbocycles. The van der Waals surface area contributed by atoms with Gasteiger partial charge in [-0.1, -0.05) is 41.4 Å². The molecule has 0 radical (unpaired) electrons. The van der Waals surface area contributed by atoms with Gasteiger partial charge in [-0.15, -0.1) is 0 Å². The van der Waals surface area contributed by atoms with Crippen LogP contribution < -0.4 is 10.1 Å². The summed E-state index contributed by atoms with van der Waals surface area (Å²) in [7, 11) is 0. The van der Waals surface area contributed by atoms with Crippen LogP contribution in [-0.2, 0) is 6.54 Å². The van der Waals surface area contributed by atoms with Gasteiger partial charge in [0.05, 0.1) is 6.61 Å². The van der Waals surface area contributed by atoms with E-state index >= 15 is 0 Å². The summed E-state index contributed by atoms with van der Waals surface area (Å²) in [5, 5.41) is 4.42. The average Bonchev–Trinajstić information content (AvgIpc) is 2.47. The van der Waals surface area contributed by atoms with Gasteiger partial charge in [-0.3, -0.25) is 0 Å². The summed E-state index contributed by atoms with van der Waals surface area (Å²) in [6.07, 6.45) is 1.00. The van der Waals surface area contributed by atoms with Crippen molar-refractivity contribution in [3.05, 3.63) is 63.7 Å². The van der Waals surface area contributed by atoms with Crippen molar-refractivity contribution in [3.63, 3.8) is 0 Å². The summed E-state index contributed by atoms with van der Waals surface area (Å²) in [6.45, 7) is 5.87. The molecule has 0 spiro atoms. The van der Waals surface area contributed by atoms with E-state index in [2.05, 4.69) is 43.4 Å². The fourth-order valence-corrected chi connectivity index (χ4v) is 3.06. The molecule has 3 rings (SSSR count). The molecule has 1 atom stereocenters. The fraction of sp³-hybridized carbons (Fsp3) is 0.333. The monoisotopic (exact) mass is 301 g/mol. The molecular weight excluding hydrogens is 282 g/mol. The van der Waals surface area contributed by atoms with E-state index in [1.54, 1.807) is 0 Å². The van der Waals surface area contributed by atoms with Crippen molar-refractivity contribution in [1.29, 1.82) is 0 Å². The fourth-order valence-electron chi connectivity index (χ4n) is 2.93.